The first-order valence-corrected chi connectivity index (χ1v) is 7.96. The number of anilines is 4. The topological polar surface area (TPSA) is 87.1 Å². The summed E-state index contributed by atoms with van der Waals surface area (Å²) in [5.74, 6) is -0.651. The highest BCUT2D eigenvalue weighted by Crippen LogP contribution is 2.23. The molecule has 0 amide bonds. The molecule has 0 spiro atoms. The van der Waals surface area contributed by atoms with Crippen LogP contribution in [0.1, 0.15) is 16.1 Å². The fraction of sp³-hybridized carbons (Fsp3) is 0.0556. The van der Waals surface area contributed by atoms with Gasteiger partial charge in [-0.2, -0.15) is 4.98 Å². The van der Waals surface area contributed by atoms with Gasteiger partial charge in [-0.05, 0) is 49.4 Å². The van der Waals surface area contributed by atoms with Gasteiger partial charge < -0.3 is 15.7 Å². The standard InChI is InChI=1S/C18H14ClFN4O2/c1-10-8-16(22-12-4-2-11(3-5-12)17(25)26)24-18(21-10)23-13-6-7-15(20)14(19)9-13/h2-9H,1H3,(H,25,26)(H2,21,22,23,24). The Bertz CT molecular complexity index is 964. The van der Waals surface area contributed by atoms with Crippen molar-refractivity contribution in [1.29, 1.82) is 0 Å². The Morgan fingerprint density at radius 1 is 1.04 bits per heavy atom. The van der Waals surface area contributed by atoms with E-state index in [9.17, 15) is 9.18 Å². The Kier molecular flexibility index (Phi) is 4.99. The minimum absolute atomic E-state index is 0.000443. The Labute approximate surface area is 153 Å². The lowest BCUT2D eigenvalue weighted by atomic mass is 10.2. The van der Waals surface area contributed by atoms with Gasteiger partial charge in [-0.15, -0.1) is 0 Å². The van der Waals surface area contributed by atoms with Crippen LogP contribution >= 0.6 is 11.6 Å². The highest BCUT2D eigenvalue weighted by molar-refractivity contribution is 6.31. The van der Waals surface area contributed by atoms with Crippen molar-refractivity contribution in [3.05, 3.63) is 70.6 Å². The third-order valence-electron chi connectivity index (χ3n) is 3.43. The van der Waals surface area contributed by atoms with Crippen molar-refractivity contribution in [3.63, 3.8) is 0 Å². The van der Waals surface area contributed by atoms with Gasteiger partial charge in [0.15, 0.2) is 0 Å². The number of hydrogen-bond donors (Lipinski definition) is 3. The first-order valence-electron chi connectivity index (χ1n) is 7.59. The molecule has 3 aromatic rings. The lowest BCUT2D eigenvalue weighted by Crippen LogP contribution is -2.03. The second-order valence-electron chi connectivity index (χ2n) is 5.48. The summed E-state index contributed by atoms with van der Waals surface area (Å²) in [6, 6.07) is 12.3. The molecule has 0 unspecified atom stereocenters. The second-order valence-corrected chi connectivity index (χ2v) is 5.89. The molecular formula is C18H14ClFN4O2. The van der Waals surface area contributed by atoms with E-state index in [-0.39, 0.29) is 10.6 Å². The van der Waals surface area contributed by atoms with Crippen LogP contribution in [-0.4, -0.2) is 21.0 Å². The lowest BCUT2D eigenvalue weighted by Gasteiger charge is -2.10. The molecule has 3 N–H and O–H groups in total. The van der Waals surface area contributed by atoms with Gasteiger partial charge in [0, 0.05) is 23.1 Å². The van der Waals surface area contributed by atoms with Crippen LogP contribution in [0.15, 0.2) is 48.5 Å². The number of carbonyl (C=O) groups is 1. The van der Waals surface area contributed by atoms with E-state index >= 15 is 0 Å². The third-order valence-corrected chi connectivity index (χ3v) is 3.72. The van der Waals surface area contributed by atoms with E-state index in [1.807, 2.05) is 6.92 Å². The van der Waals surface area contributed by atoms with Gasteiger partial charge in [0.1, 0.15) is 11.6 Å². The average Bonchev–Trinajstić information content (AvgIpc) is 2.58. The summed E-state index contributed by atoms with van der Waals surface area (Å²) < 4.78 is 13.2. The van der Waals surface area contributed by atoms with Crippen LogP contribution in [-0.2, 0) is 0 Å². The number of aromatic nitrogens is 2. The number of aromatic carboxylic acids is 1. The van der Waals surface area contributed by atoms with Gasteiger partial charge in [0.05, 0.1) is 10.6 Å². The predicted octanol–water partition coefficient (Wildman–Crippen LogP) is 4.76. The van der Waals surface area contributed by atoms with Crippen LogP contribution in [0.5, 0.6) is 0 Å². The van der Waals surface area contributed by atoms with Crippen LogP contribution in [0.2, 0.25) is 5.02 Å². The molecule has 3 rings (SSSR count). The van der Waals surface area contributed by atoms with E-state index in [1.165, 1.54) is 30.3 Å². The zero-order valence-electron chi connectivity index (χ0n) is 13.6. The highest BCUT2D eigenvalue weighted by Gasteiger charge is 2.07. The summed E-state index contributed by atoms with van der Waals surface area (Å²) in [6.45, 7) is 1.81. The molecule has 1 heterocycles. The highest BCUT2D eigenvalue weighted by atomic mass is 35.5. The molecule has 0 aliphatic heterocycles. The Morgan fingerprint density at radius 3 is 2.38 bits per heavy atom. The maximum Gasteiger partial charge on any atom is 0.335 e. The molecule has 0 aliphatic carbocycles. The van der Waals surface area contributed by atoms with E-state index in [0.717, 1.165) is 0 Å². The monoisotopic (exact) mass is 372 g/mol. The Hall–Kier alpha value is -3.19. The second kappa shape index (κ2) is 7.37. The van der Waals surface area contributed by atoms with Crippen LogP contribution in [0.4, 0.5) is 27.5 Å². The first-order chi connectivity index (χ1) is 12.4. The maximum atomic E-state index is 13.2. The van der Waals surface area contributed by atoms with Crippen molar-refractivity contribution >= 4 is 40.7 Å². The van der Waals surface area contributed by atoms with Gasteiger partial charge in [-0.25, -0.2) is 14.2 Å². The van der Waals surface area contributed by atoms with Crippen LogP contribution in [0, 0.1) is 12.7 Å². The minimum Gasteiger partial charge on any atom is -0.478 e. The molecule has 0 radical (unpaired) electrons. The number of hydrogen-bond acceptors (Lipinski definition) is 5. The molecule has 26 heavy (non-hydrogen) atoms. The average molecular weight is 373 g/mol. The van der Waals surface area contributed by atoms with Crippen molar-refractivity contribution in [1.82, 2.24) is 9.97 Å². The van der Waals surface area contributed by atoms with Crippen LogP contribution < -0.4 is 10.6 Å². The number of nitrogens with one attached hydrogen (secondary N) is 2. The smallest absolute Gasteiger partial charge is 0.335 e. The van der Waals surface area contributed by atoms with Gasteiger partial charge in [0.2, 0.25) is 5.95 Å². The van der Waals surface area contributed by atoms with Gasteiger partial charge in [-0.1, -0.05) is 11.6 Å². The van der Waals surface area contributed by atoms with Gasteiger partial charge in [0.25, 0.3) is 0 Å². The number of aryl methyl sites for hydroxylation is 1. The summed E-state index contributed by atoms with van der Waals surface area (Å²) in [6.07, 6.45) is 0. The molecule has 0 bridgehead atoms. The van der Waals surface area contributed by atoms with E-state index < -0.39 is 11.8 Å². The molecule has 0 aliphatic rings. The Morgan fingerprint density at radius 2 is 1.73 bits per heavy atom. The van der Waals surface area contributed by atoms with Crippen molar-refractivity contribution < 1.29 is 14.3 Å². The van der Waals surface area contributed by atoms with Crippen LogP contribution in [0.25, 0.3) is 0 Å². The van der Waals surface area contributed by atoms with Gasteiger partial charge >= 0.3 is 5.97 Å². The number of benzene rings is 2. The summed E-state index contributed by atoms with van der Waals surface area (Å²) in [7, 11) is 0. The van der Waals surface area contributed by atoms with Crippen molar-refractivity contribution in [3.8, 4) is 0 Å². The maximum absolute atomic E-state index is 13.2. The van der Waals surface area contributed by atoms with E-state index in [0.29, 0.717) is 28.8 Å². The molecule has 8 heteroatoms. The molecular weight excluding hydrogens is 359 g/mol. The van der Waals surface area contributed by atoms with E-state index in [4.69, 9.17) is 16.7 Å². The van der Waals surface area contributed by atoms with Crippen molar-refractivity contribution in [2.75, 3.05) is 10.6 Å². The minimum atomic E-state index is -0.987. The first kappa shape index (κ1) is 17.6. The third kappa shape index (κ3) is 4.25. The summed E-state index contributed by atoms with van der Waals surface area (Å²) >= 11 is 5.77. The Balaban J connectivity index is 1.80. The molecule has 6 nitrogen and oxygen atoms in total. The molecule has 132 valence electrons. The molecule has 0 fully saturated rings. The molecule has 0 atom stereocenters. The number of carboxylic acids is 1. The molecule has 2 aromatic carbocycles. The zero-order valence-corrected chi connectivity index (χ0v) is 14.4. The largest absolute Gasteiger partial charge is 0.478 e. The van der Waals surface area contributed by atoms with Gasteiger partial charge in [-0.3, -0.25) is 0 Å². The molecule has 0 saturated carbocycles. The number of carboxylic acid groups (broad SMARTS) is 1. The number of rotatable bonds is 5. The SMILES string of the molecule is Cc1cc(Nc2ccc(C(=O)O)cc2)nc(Nc2ccc(F)c(Cl)c2)n1. The van der Waals surface area contributed by atoms with E-state index in [1.54, 1.807) is 18.2 Å². The lowest BCUT2D eigenvalue weighted by molar-refractivity contribution is 0.0697. The van der Waals surface area contributed by atoms with Crippen LogP contribution in [0.3, 0.4) is 0 Å². The molecule has 0 saturated heterocycles. The normalized spacial score (nSPS) is 10.4. The number of nitrogens with zero attached hydrogens (tertiary/aromatic N) is 2. The van der Waals surface area contributed by atoms with E-state index in [2.05, 4.69) is 20.6 Å². The van der Waals surface area contributed by atoms with Crippen molar-refractivity contribution in [2.24, 2.45) is 0 Å². The quantitative estimate of drug-likeness (QED) is 0.598. The van der Waals surface area contributed by atoms with Crippen molar-refractivity contribution in [2.45, 2.75) is 6.92 Å². The molecule has 1 aromatic heterocycles. The predicted molar refractivity (Wildman–Crippen MR) is 98.1 cm³/mol. The number of halogens is 2. The fourth-order valence-corrected chi connectivity index (χ4v) is 2.42. The summed E-state index contributed by atoms with van der Waals surface area (Å²) in [5.41, 5.74) is 2.15. The summed E-state index contributed by atoms with van der Waals surface area (Å²) in [5, 5.41) is 15.0. The zero-order chi connectivity index (χ0) is 18.7. The fourth-order valence-electron chi connectivity index (χ4n) is 2.24. The summed E-state index contributed by atoms with van der Waals surface area (Å²) in [4.78, 5) is 19.5.